The summed E-state index contributed by atoms with van der Waals surface area (Å²) in [7, 11) is 0. The number of nitrogens with zero attached hydrogens (tertiary/aromatic N) is 4. The Morgan fingerprint density at radius 2 is 1.76 bits per heavy atom. The molecule has 0 spiro atoms. The number of carboxylic acids is 1. The number of ether oxygens (including phenoxy) is 1. The summed E-state index contributed by atoms with van der Waals surface area (Å²) in [4.78, 5) is 31.4. The summed E-state index contributed by atoms with van der Waals surface area (Å²) < 4.78 is 42.7. The monoisotopic (exact) mass is 560 g/mol. The number of hydrogen-bond donors (Lipinski definition) is 1. The van der Waals surface area contributed by atoms with Gasteiger partial charge in [0.25, 0.3) is 0 Å². The lowest BCUT2D eigenvalue weighted by molar-refractivity contribution is -0.200. The molecule has 3 heterocycles. The average molecular weight is 561 g/mol. The van der Waals surface area contributed by atoms with Crippen LogP contribution in [0.2, 0.25) is 5.02 Å². The molecule has 12 heteroatoms. The number of alkyl halides is 3. The molecule has 1 amide bonds. The number of carboxylic acid groups (broad SMARTS) is 1. The molecule has 2 unspecified atom stereocenters. The molecule has 0 radical (unpaired) electrons. The highest BCUT2D eigenvalue weighted by atomic mass is 35.5. The SMILES string of the molecule is CC(OC(=O)N1CCN(Cc2ccc(Cl)cc2N2CCC(C3CCCN3CC(=O)O)CC2)CC1)C(F)(F)F. The van der Waals surface area contributed by atoms with Crippen molar-refractivity contribution < 1.29 is 32.6 Å². The van der Waals surface area contributed by atoms with Crippen molar-refractivity contribution in [1.29, 1.82) is 0 Å². The first-order valence-electron chi connectivity index (χ1n) is 13.2. The third kappa shape index (κ3) is 7.24. The molecule has 1 aromatic carbocycles. The summed E-state index contributed by atoms with van der Waals surface area (Å²) in [5.74, 6) is -0.296. The van der Waals surface area contributed by atoms with Crippen molar-refractivity contribution in [2.75, 3.05) is 57.3 Å². The van der Waals surface area contributed by atoms with Gasteiger partial charge in [0.05, 0.1) is 6.54 Å². The quantitative estimate of drug-likeness (QED) is 0.532. The Balaban J connectivity index is 1.32. The van der Waals surface area contributed by atoms with Crippen LogP contribution in [0.5, 0.6) is 0 Å². The zero-order chi connectivity index (χ0) is 27.4. The van der Waals surface area contributed by atoms with Gasteiger partial charge in [-0.2, -0.15) is 13.2 Å². The number of benzene rings is 1. The topological polar surface area (TPSA) is 76.6 Å². The fraction of sp³-hybridized carbons (Fsp3) is 0.692. The highest BCUT2D eigenvalue weighted by Gasteiger charge is 2.40. The molecule has 212 valence electrons. The minimum atomic E-state index is -4.58. The third-order valence-corrected chi connectivity index (χ3v) is 8.22. The van der Waals surface area contributed by atoms with Crippen LogP contribution in [0, 0.1) is 5.92 Å². The first-order chi connectivity index (χ1) is 18.0. The number of piperidine rings is 1. The Kier molecular flexibility index (Phi) is 9.31. The first-order valence-corrected chi connectivity index (χ1v) is 13.6. The fourth-order valence-electron chi connectivity index (χ4n) is 5.87. The molecule has 0 aliphatic carbocycles. The summed E-state index contributed by atoms with van der Waals surface area (Å²) in [6.07, 6.45) is -3.58. The number of rotatable bonds is 7. The van der Waals surface area contributed by atoms with E-state index < -0.39 is 24.3 Å². The lowest BCUT2D eigenvalue weighted by Gasteiger charge is -2.40. The standard InChI is InChI=1S/C26H36ClF3N4O4/c1-18(26(28,29)30)38-25(37)33-13-11-31(12-14-33)16-20-4-5-21(27)15-23(20)32-9-6-19(7-10-32)22-3-2-8-34(22)17-24(35)36/h4-5,15,18-19,22H,2-3,6-14,16-17H2,1H3,(H,35,36). The van der Waals surface area contributed by atoms with Gasteiger partial charge in [-0.25, -0.2) is 4.79 Å². The predicted octanol–water partition coefficient (Wildman–Crippen LogP) is 4.31. The molecule has 3 aliphatic rings. The van der Waals surface area contributed by atoms with Gasteiger partial charge in [0.15, 0.2) is 6.10 Å². The number of anilines is 1. The van der Waals surface area contributed by atoms with Gasteiger partial charge >= 0.3 is 18.2 Å². The minimum Gasteiger partial charge on any atom is -0.480 e. The number of piperazine rings is 1. The van der Waals surface area contributed by atoms with Crippen LogP contribution in [0.3, 0.4) is 0 Å². The van der Waals surface area contributed by atoms with Crippen molar-refractivity contribution in [3.05, 3.63) is 28.8 Å². The zero-order valence-electron chi connectivity index (χ0n) is 21.6. The van der Waals surface area contributed by atoms with Gasteiger partial charge in [-0.3, -0.25) is 14.6 Å². The molecular formula is C26H36ClF3N4O4. The van der Waals surface area contributed by atoms with E-state index in [9.17, 15) is 27.9 Å². The summed E-state index contributed by atoms with van der Waals surface area (Å²) in [6.45, 7) is 5.82. The van der Waals surface area contributed by atoms with Crippen LogP contribution in [-0.2, 0) is 16.1 Å². The Hall–Kier alpha value is -2.24. The number of likely N-dealkylation sites (tertiary alicyclic amines) is 1. The van der Waals surface area contributed by atoms with Crippen molar-refractivity contribution >= 4 is 29.4 Å². The first kappa shape index (κ1) is 28.8. The molecule has 8 nitrogen and oxygen atoms in total. The van der Waals surface area contributed by atoms with E-state index in [1.54, 1.807) is 0 Å². The van der Waals surface area contributed by atoms with Crippen molar-refractivity contribution in [3.8, 4) is 0 Å². The number of halogens is 4. The second-order valence-electron chi connectivity index (χ2n) is 10.5. The van der Waals surface area contributed by atoms with Gasteiger partial charge in [0.1, 0.15) is 0 Å². The van der Waals surface area contributed by atoms with E-state index in [-0.39, 0.29) is 6.54 Å². The Morgan fingerprint density at radius 1 is 1.08 bits per heavy atom. The van der Waals surface area contributed by atoms with E-state index in [2.05, 4.69) is 19.4 Å². The number of aliphatic carboxylic acids is 1. The van der Waals surface area contributed by atoms with Gasteiger partial charge in [0.2, 0.25) is 0 Å². The third-order valence-electron chi connectivity index (χ3n) is 7.99. The van der Waals surface area contributed by atoms with Gasteiger partial charge in [-0.15, -0.1) is 0 Å². The predicted molar refractivity (Wildman–Crippen MR) is 137 cm³/mol. The van der Waals surface area contributed by atoms with Crippen molar-refractivity contribution in [1.82, 2.24) is 14.7 Å². The van der Waals surface area contributed by atoms with E-state index in [1.807, 2.05) is 18.2 Å². The zero-order valence-corrected chi connectivity index (χ0v) is 22.4. The van der Waals surface area contributed by atoms with E-state index in [0.29, 0.717) is 49.7 Å². The molecule has 0 bridgehead atoms. The molecule has 3 aliphatic heterocycles. The maximum Gasteiger partial charge on any atom is 0.425 e. The van der Waals surface area contributed by atoms with Crippen LogP contribution in [0.15, 0.2) is 18.2 Å². The average Bonchev–Trinajstić information content (AvgIpc) is 3.32. The molecule has 0 aromatic heterocycles. The molecule has 2 atom stereocenters. The van der Waals surface area contributed by atoms with E-state index >= 15 is 0 Å². The van der Waals surface area contributed by atoms with Crippen molar-refractivity contribution in [2.24, 2.45) is 5.92 Å². The Morgan fingerprint density at radius 3 is 2.39 bits per heavy atom. The molecule has 0 saturated carbocycles. The van der Waals surface area contributed by atoms with Gasteiger partial charge in [-0.1, -0.05) is 17.7 Å². The molecule has 3 fully saturated rings. The molecule has 1 aromatic rings. The minimum absolute atomic E-state index is 0.107. The van der Waals surface area contributed by atoms with Crippen LogP contribution in [0.4, 0.5) is 23.7 Å². The van der Waals surface area contributed by atoms with Gasteiger partial charge < -0.3 is 19.6 Å². The number of carbonyl (C=O) groups is 2. The van der Waals surface area contributed by atoms with Crippen molar-refractivity contribution in [2.45, 2.75) is 57.5 Å². The molecule has 38 heavy (non-hydrogen) atoms. The highest BCUT2D eigenvalue weighted by molar-refractivity contribution is 6.30. The second-order valence-corrected chi connectivity index (χ2v) is 10.9. The molecule has 1 N–H and O–H groups in total. The van der Waals surface area contributed by atoms with Gasteiger partial charge in [0, 0.05) is 62.6 Å². The lowest BCUT2D eigenvalue weighted by Crippen LogP contribution is -2.49. The summed E-state index contributed by atoms with van der Waals surface area (Å²) >= 11 is 6.37. The maximum absolute atomic E-state index is 12.7. The number of amides is 1. The van der Waals surface area contributed by atoms with Crippen LogP contribution < -0.4 is 4.90 Å². The number of hydrogen-bond acceptors (Lipinski definition) is 6. The van der Waals surface area contributed by atoms with E-state index in [0.717, 1.165) is 63.5 Å². The smallest absolute Gasteiger partial charge is 0.425 e. The largest absolute Gasteiger partial charge is 0.480 e. The Labute approximate surface area is 226 Å². The van der Waals surface area contributed by atoms with E-state index in [4.69, 9.17) is 11.6 Å². The number of carbonyl (C=O) groups excluding carboxylic acids is 1. The van der Waals surface area contributed by atoms with Gasteiger partial charge in [-0.05, 0) is 62.8 Å². The summed E-state index contributed by atoms with van der Waals surface area (Å²) in [6, 6.07) is 6.19. The molecular weight excluding hydrogens is 525 g/mol. The fourth-order valence-corrected chi connectivity index (χ4v) is 6.03. The van der Waals surface area contributed by atoms with Crippen LogP contribution in [0.1, 0.15) is 38.2 Å². The van der Waals surface area contributed by atoms with Crippen LogP contribution in [0.25, 0.3) is 0 Å². The van der Waals surface area contributed by atoms with Crippen LogP contribution >= 0.6 is 11.6 Å². The van der Waals surface area contributed by atoms with Crippen LogP contribution in [-0.4, -0.2) is 103 Å². The Bertz CT molecular complexity index is 982. The maximum atomic E-state index is 12.7. The van der Waals surface area contributed by atoms with Crippen molar-refractivity contribution in [3.63, 3.8) is 0 Å². The highest BCUT2D eigenvalue weighted by Crippen LogP contribution is 2.35. The lowest BCUT2D eigenvalue weighted by atomic mass is 9.87. The molecule has 4 rings (SSSR count). The summed E-state index contributed by atoms with van der Waals surface area (Å²) in [5.41, 5.74) is 2.19. The van der Waals surface area contributed by atoms with E-state index in [1.165, 1.54) is 4.90 Å². The normalized spacial score (nSPS) is 23.0. The molecule has 3 saturated heterocycles. The summed E-state index contributed by atoms with van der Waals surface area (Å²) in [5, 5.41) is 9.90. The second kappa shape index (κ2) is 12.3.